The van der Waals surface area contributed by atoms with Gasteiger partial charge < -0.3 is 24.0 Å². The summed E-state index contributed by atoms with van der Waals surface area (Å²) in [6.07, 6.45) is 5.25. The highest BCUT2D eigenvalue weighted by Gasteiger charge is 2.32. The van der Waals surface area contributed by atoms with Gasteiger partial charge >= 0.3 is 5.97 Å². The van der Waals surface area contributed by atoms with E-state index in [1.807, 2.05) is 26.0 Å². The minimum absolute atomic E-state index is 0.0145. The number of carbonyl (C=O) groups is 3. The first-order valence-electron chi connectivity index (χ1n) is 11.8. The van der Waals surface area contributed by atoms with Crippen molar-refractivity contribution >= 4 is 17.7 Å². The number of methoxy groups -OCH3 is 1. The maximum Gasteiger partial charge on any atom is 0.360 e. The first-order chi connectivity index (χ1) is 16.6. The molecule has 0 spiro atoms. The Morgan fingerprint density at radius 3 is 2.63 bits per heavy atom. The first-order valence-corrected chi connectivity index (χ1v) is 11.8. The second-order valence-electron chi connectivity index (χ2n) is 9.39. The van der Waals surface area contributed by atoms with Gasteiger partial charge in [-0.05, 0) is 24.7 Å². The van der Waals surface area contributed by atoms with E-state index in [2.05, 4.69) is 20.0 Å². The number of hydrogen-bond acceptors (Lipinski definition) is 9. The predicted octanol–water partition coefficient (Wildman–Crippen LogP) is 3.41. The van der Waals surface area contributed by atoms with Crippen LogP contribution in [0.3, 0.4) is 0 Å². The first kappa shape index (κ1) is 26.3. The van der Waals surface area contributed by atoms with Crippen molar-refractivity contribution in [1.29, 1.82) is 0 Å². The number of hydrogen-bond donors (Lipinski definition) is 2. The van der Waals surface area contributed by atoms with Crippen LogP contribution in [0.15, 0.2) is 27.2 Å². The third-order valence-corrected chi connectivity index (χ3v) is 5.95. The highest BCUT2D eigenvalue weighted by Crippen LogP contribution is 2.31. The van der Waals surface area contributed by atoms with E-state index >= 15 is 0 Å². The third kappa shape index (κ3) is 6.25. The number of Topliss-reactive ketones (excluding diaryl/α,β-unsaturated/α-hetero) is 1. The van der Waals surface area contributed by atoms with Crippen LogP contribution in [-0.2, 0) is 20.7 Å². The van der Waals surface area contributed by atoms with Gasteiger partial charge in [0.15, 0.2) is 17.2 Å². The molecule has 190 valence electrons. The second kappa shape index (κ2) is 11.4. The molecule has 0 aromatic carbocycles. The fraction of sp³-hybridized carbons (Fsp3) is 0.560. The molecule has 10 heteroatoms. The number of aliphatic hydroxyl groups excluding tert-OH is 1. The molecule has 3 rings (SSSR count). The molecule has 2 aromatic rings. The van der Waals surface area contributed by atoms with Crippen LogP contribution < -0.4 is 5.32 Å². The zero-order valence-corrected chi connectivity index (χ0v) is 20.7. The van der Waals surface area contributed by atoms with Crippen LogP contribution in [-0.4, -0.2) is 45.9 Å². The van der Waals surface area contributed by atoms with E-state index in [4.69, 9.17) is 8.83 Å². The van der Waals surface area contributed by atoms with Gasteiger partial charge in [0.25, 0.3) is 0 Å². The Morgan fingerprint density at radius 2 is 1.97 bits per heavy atom. The standard InChI is InChI=1S/C25H33N3O7/c1-13(2)19-24-28-20(23-26-16(12-34-23)25(32)33-5)18(35-24)10-8-6-7-9-15(22(31)27-19)11-17(29)21(30)14(3)4/h6-7,12-15,19,21,30H,8-11H2,1-5H3,(H,27,31)/b7-6+/t15-,19+,21+/m1/s1. The van der Waals surface area contributed by atoms with Crippen molar-refractivity contribution < 1.29 is 33.1 Å². The van der Waals surface area contributed by atoms with Crippen molar-refractivity contribution in [2.45, 2.75) is 65.5 Å². The van der Waals surface area contributed by atoms with E-state index in [9.17, 15) is 19.5 Å². The Morgan fingerprint density at radius 1 is 1.23 bits per heavy atom. The SMILES string of the molecule is COC(=O)c1coc(-c2nc3oc2CC/C=C/C[C@H](CC(=O)[C@@H](O)C(C)C)C(=O)N[C@H]3C(C)C)n1. The Balaban J connectivity index is 1.92. The number of amides is 1. The van der Waals surface area contributed by atoms with E-state index in [1.165, 1.54) is 13.4 Å². The predicted molar refractivity (Wildman–Crippen MR) is 125 cm³/mol. The molecule has 0 fully saturated rings. The number of carbonyl (C=O) groups excluding carboxylic acids is 3. The van der Waals surface area contributed by atoms with Gasteiger partial charge in [0.2, 0.25) is 17.7 Å². The van der Waals surface area contributed by atoms with E-state index in [1.54, 1.807) is 13.8 Å². The summed E-state index contributed by atoms with van der Waals surface area (Å²) >= 11 is 0. The number of ketones is 1. The van der Waals surface area contributed by atoms with E-state index in [0.717, 1.165) is 0 Å². The maximum atomic E-state index is 13.2. The van der Waals surface area contributed by atoms with E-state index < -0.39 is 24.0 Å². The van der Waals surface area contributed by atoms with Gasteiger partial charge in [-0.15, -0.1) is 0 Å². The van der Waals surface area contributed by atoms with Crippen LogP contribution in [0.5, 0.6) is 0 Å². The molecule has 0 saturated heterocycles. The monoisotopic (exact) mass is 487 g/mol. The summed E-state index contributed by atoms with van der Waals surface area (Å²) in [6, 6.07) is -0.568. The number of ether oxygens (including phenoxy) is 1. The van der Waals surface area contributed by atoms with Crippen LogP contribution in [0.25, 0.3) is 11.6 Å². The number of aromatic nitrogens is 2. The molecule has 3 heterocycles. The smallest absolute Gasteiger partial charge is 0.360 e. The quantitative estimate of drug-likeness (QED) is 0.443. The molecular weight excluding hydrogens is 454 g/mol. The van der Waals surface area contributed by atoms with E-state index in [0.29, 0.717) is 30.7 Å². The summed E-state index contributed by atoms with van der Waals surface area (Å²) in [5.41, 5.74) is 0.370. The van der Waals surface area contributed by atoms with E-state index in [-0.39, 0.29) is 47.4 Å². The molecule has 2 aromatic heterocycles. The van der Waals surface area contributed by atoms with Crippen LogP contribution in [0, 0.1) is 17.8 Å². The van der Waals surface area contributed by atoms with Gasteiger partial charge in [-0.3, -0.25) is 9.59 Å². The summed E-state index contributed by atoms with van der Waals surface area (Å²) in [6.45, 7) is 7.36. The number of rotatable bonds is 7. The van der Waals surface area contributed by atoms with Gasteiger partial charge in [0.05, 0.1) is 7.11 Å². The van der Waals surface area contributed by atoms with Crippen molar-refractivity contribution in [2.24, 2.45) is 17.8 Å². The van der Waals surface area contributed by atoms with Crippen molar-refractivity contribution in [2.75, 3.05) is 7.11 Å². The number of aryl methyl sites for hydroxylation is 1. The number of aliphatic hydroxyl groups is 1. The minimum atomic E-state index is -1.11. The molecule has 0 radical (unpaired) electrons. The van der Waals surface area contributed by atoms with Crippen molar-refractivity contribution in [1.82, 2.24) is 15.3 Å². The number of nitrogens with one attached hydrogen (secondary N) is 1. The number of allylic oxidation sites excluding steroid dienone is 2. The van der Waals surface area contributed by atoms with Gasteiger partial charge in [0, 0.05) is 18.8 Å². The lowest BCUT2D eigenvalue weighted by Gasteiger charge is -2.23. The fourth-order valence-corrected chi connectivity index (χ4v) is 3.82. The average molecular weight is 488 g/mol. The van der Waals surface area contributed by atoms with Crippen molar-refractivity contribution in [3.63, 3.8) is 0 Å². The molecule has 0 aliphatic carbocycles. The second-order valence-corrected chi connectivity index (χ2v) is 9.39. The minimum Gasteiger partial charge on any atom is -0.464 e. The fourth-order valence-electron chi connectivity index (χ4n) is 3.82. The molecular formula is C25H33N3O7. The van der Waals surface area contributed by atoms with Gasteiger partial charge in [-0.2, -0.15) is 0 Å². The molecule has 0 unspecified atom stereocenters. The number of nitrogens with zero attached hydrogens (tertiary/aromatic N) is 2. The third-order valence-electron chi connectivity index (χ3n) is 5.95. The Labute approximate surface area is 204 Å². The highest BCUT2D eigenvalue weighted by atomic mass is 16.5. The van der Waals surface area contributed by atoms with Crippen LogP contribution >= 0.6 is 0 Å². The maximum absolute atomic E-state index is 13.2. The summed E-state index contributed by atoms with van der Waals surface area (Å²) in [7, 11) is 1.25. The Bertz CT molecular complexity index is 1080. The Kier molecular flexibility index (Phi) is 8.61. The molecule has 1 aliphatic rings. The molecule has 1 aliphatic heterocycles. The lowest BCUT2D eigenvalue weighted by molar-refractivity contribution is -0.135. The number of oxazole rings is 2. The summed E-state index contributed by atoms with van der Waals surface area (Å²) in [5.74, 6) is -1.31. The zero-order chi connectivity index (χ0) is 25.7. The topological polar surface area (TPSA) is 145 Å². The molecule has 1 amide bonds. The van der Waals surface area contributed by atoms with Crippen molar-refractivity contribution in [3.8, 4) is 11.6 Å². The molecule has 3 atom stereocenters. The summed E-state index contributed by atoms with van der Waals surface area (Å²) in [5, 5.41) is 13.1. The number of fused-ring (bicyclic) bond motifs is 2. The van der Waals surface area contributed by atoms with Crippen LogP contribution in [0.1, 0.15) is 75.1 Å². The molecule has 2 N–H and O–H groups in total. The largest absolute Gasteiger partial charge is 0.464 e. The molecule has 0 saturated carbocycles. The Hall–Kier alpha value is -3.27. The summed E-state index contributed by atoms with van der Waals surface area (Å²) in [4.78, 5) is 46.3. The van der Waals surface area contributed by atoms with Crippen LogP contribution in [0.2, 0.25) is 0 Å². The highest BCUT2D eigenvalue weighted by molar-refractivity contribution is 5.89. The summed E-state index contributed by atoms with van der Waals surface area (Å²) < 4.78 is 16.2. The van der Waals surface area contributed by atoms with Gasteiger partial charge in [-0.25, -0.2) is 14.8 Å². The normalized spacial score (nSPS) is 20.6. The zero-order valence-electron chi connectivity index (χ0n) is 20.7. The van der Waals surface area contributed by atoms with Gasteiger partial charge in [0.1, 0.15) is 24.2 Å². The number of esters is 1. The lowest BCUT2D eigenvalue weighted by Crippen LogP contribution is -2.38. The van der Waals surface area contributed by atoms with Crippen LogP contribution in [0.4, 0.5) is 0 Å². The van der Waals surface area contributed by atoms with Gasteiger partial charge in [-0.1, -0.05) is 39.8 Å². The lowest BCUT2D eigenvalue weighted by atomic mass is 9.91. The molecule has 10 nitrogen and oxygen atoms in total. The average Bonchev–Trinajstić information content (AvgIpc) is 3.46. The van der Waals surface area contributed by atoms with Crippen molar-refractivity contribution in [3.05, 3.63) is 35.8 Å². The molecule has 35 heavy (non-hydrogen) atoms. The molecule has 2 bridgehead atoms.